The van der Waals surface area contributed by atoms with Crippen LogP contribution in [0.1, 0.15) is 10.4 Å². The summed E-state index contributed by atoms with van der Waals surface area (Å²) < 4.78 is 26.5. The van der Waals surface area contributed by atoms with Gasteiger partial charge in [-0.25, -0.2) is 22.8 Å². The third kappa shape index (κ3) is 3.61. The van der Waals surface area contributed by atoms with Gasteiger partial charge in [0.1, 0.15) is 0 Å². The molecule has 0 saturated carbocycles. The first kappa shape index (κ1) is 16.6. The maximum absolute atomic E-state index is 12.5. The molecule has 1 fully saturated rings. The molecule has 2 aromatic heterocycles. The standard InChI is InChI=1S/C14H17N5O4S/c1-24(22,23)17-11-8-18(9-12(11)20)14(21)10-3-4-13(15-7-10)19-6-2-5-16-19/h2-7,11-12,17,20H,8-9H2,1H3/t11-,12-/m1/s1. The van der Waals surface area contributed by atoms with Crippen molar-refractivity contribution in [3.63, 3.8) is 0 Å². The molecule has 2 N–H and O–H groups in total. The zero-order valence-corrected chi connectivity index (χ0v) is 13.7. The second-order valence-electron chi connectivity index (χ2n) is 5.63. The Kier molecular flexibility index (Phi) is 4.35. The van der Waals surface area contributed by atoms with E-state index in [1.165, 1.54) is 11.1 Å². The van der Waals surface area contributed by atoms with E-state index in [1.807, 2.05) is 0 Å². The van der Waals surface area contributed by atoms with Crippen LogP contribution in [0.25, 0.3) is 5.82 Å². The molecule has 1 aliphatic heterocycles. The number of aromatic nitrogens is 3. The molecule has 10 heteroatoms. The first-order valence-corrected chi connectivity index (χ1v) is 9.13. The Bertz CT molecular complexity index is 819. The molecule has 1 amide bonds. The van der Waals surface area contributed by atoms with Crippen LogP contribution in [0.5, 0.6) is 0 Å². The van der Waals surface area contributed by atoms with E-state index in [4.69, 9.17) is 0 Å². The summed E-state index contributed by atoms with van der Waals surface area (Å²) in [6.45, 7) is 0.168. The van der Waals surface area contributed by atoms with Gasteiger partial charge in [0.2, 0.25) is 10.0 Å². The topological polar surface area (TPSA) is 117 Å². The number of pyridine rings is 1. The molecule has 3 rings (SSSR count). The fourth-order valence-electron chi connectivity index (χ4n) is 2.58. The van der Waals surface area contributed by atoms with E-state index >= 15 is 0 Å². The number of sulfonamides is 1. The van der Waals surface area contributed by atoms with Crippen molar-refractivity contribution >= 4 is 15.9 Å². The number of likely N-dealkylation sites (tertiary alicyclic amines) is 1. The molecular weight excluding hydrogens is 334 g/mol. The van der Waals surface area contributed by atoms with Crippen LogP contribution in [0.2, 0.25) is 0 Å². The van der Waals surface area contributed by atoms with Crippen molar-refractivity contribution < 1.29 is 18.3 Å². The van der Waals surface area contributed by atoms with Crippen LogP contribution in [0.15, 0.2) is 36.8 Å². The highest BCUT2D eigenvalue weighted by molar-refractivity contribution is 7.88. The second-order valence-corrected chi connectivity index (χ2v) is 7.41. The molecule has 0 bridgehead atoms. The zero-order chi connectivity index (χ0) is 17.3. The molecule has 0 unspecified atom stereocenters. The van der Waals surface area contributed by atoms with Crippen molar-refractivity contribution in [2.24, 2.45) is 0 Å². The Balaban J connectivity index is 1.71. The molecule has 0 aromatic carbocycles. The minimum Gasteiger partial charge on any atom is -0.390 e. The molecule has 3 heterocycles. The summed E-state index contributed by atoms with van der Waals surface area (Å²) in [5.41, 5.74) is 0.359. The van der Waals surface area contributed by atoms with E-state index in [9.17, 15) is 18.3 Å². The van der Waals surface area contributed by atoms with Crippen molar-refractivity contribution in [1.82, 2.24) is 24.4 Å². The predicted molar refractivity (Wildman–Crippen MR) is 85.0 cm³/mol. The highest BCUT2D eigenvalue weighted by Crippen LogP contribution is 2.15. The summed E-state index contributed by atoms with van der Waals surface area (Å²) in [5, 5.41) is 14.0. The van der Waals surface area contributed by atoms with Crippen LogP contribution in [-0.2, 0) is 10.0 Å². The molecule has 2 atom stereocenters. The predicted octanol–water partition coefficient (Wildman–Crippen LogP) is -0.998. The summed E-state index contributed by atoms with van der Waals surface area (Å²) in [4.78, 5) is 18.1. The molecule has 24 heavy (non-hydrogen) atoms. The SMILES string of the molecule is CS(=O)(=O)N[C@@H]1CN(C(=O)c2ccc(-n3cccn3)nc2)C[C@H]1O. The largest absolute Gasteiger partial charge is 0.390 e. The second kappa shape index (κ2) is 6.30. The fraction of sp³-hybridized carbons (Fsp3) is 0.357. The third-order valence-electron chi connectivity index (χ3n) is 3.68. The average Bonchev–Trinajstić information content (AvgIpc) is 3.16. The van der Waals surface area contributed by atoms with Gasteiger partial charge in [0.15, 0.2) is 5.82 Å². The van der Waals surface area contributed by atoms with E-state index in [1.54, 1.807) is 35.3 Å². The Morgan fingerprint density at radius 3 is 2.75 bits per heavy atom. The van der Waals surface area contributed by atoms with Gasteiger partial charge in [-0.3, -0.25) is 4.79 Å². The Hall–Kier alpha value is -2.30. The molecule has 9 nitrogen and oxygen atoms in total. The lowest BCUT2D eigenvalue weighted by Crippen LogP contribution is -2.42. The van der Waals surface area contributed by atoms with Gasteiger partial charge in [0, 0.05) is 31.7 Å². The van der Waals surface area contributed by atoms with Gasteiger partial charge in [0.05, 0.1) is 24.0 Å². The lowest BCUT2D eigenvalue weighted by atomic mass is 10.2. The van der Waals surface area contributed by atoms with Crippen molar-refractivity contribution in [3.05, 3.63) is 42.4 Å². The number of carbonyl (C=O) groups excluding carboxylic acids is 1. The summed E-state index contributed by atoms with van der Waals surface area (Å²) in [5.74, 6) is 0.265. The summed E-state index contributed by atoms with van der Waals surface area (Å²) in [6.07, 6.45) is 4.87. The zero-order valence-electron chi connectivity index (χ0n) is 12.9. The lowest BCUT2D eigenvalue weighted by molar-refractivity contribution is 0.0764. The van der Waals surface area contributed by atoms with E-state index in [2.05, 4.69) is 14.8 Å². The maximum Gasteiger partial charge on any atom is 0.255 e. The van der Waals surface area contributed by atoms with Crippen molar-refractivity contribution in [3.8, 4) is 5.82 Å². The van der Waals surface area contributed by atoms with E-state index < -0.39 is 22.2 Å². The number of β-amino-alcohol motifs (C(OH)–C–C–N with tert-alkyl or cyclic N) is 1. The van der Waals surface area contributed by atoms with Gasteiger partial charge >= 0.3 is 0 Å². The highest BCUT2D eigenvalue weighted by atomic mass is 32.2. The van der Waals surface area contributed by atoms with Crippen molar-refractivity contribution in [1.29, 1.82) is 0 Å². The van der Waals surface area contributed by atoms with Crippen LogP contribution in [0.3, 0.4) is 0 Å². The van der Waals surface area contributed by atoms with Gasteiger partial charge in [-0.2, -0.15) is 5.10 Å². The molecular formula is C14H17N5O4S. The Morgan fingerprint density at radius 1 is 1.38 bits per heavy atom. The number of aliphatic hydroxyl groups excluding tert-OH is 1. The smallest absolute Gasteiger partial charge is 0.255 e. The maximum atomic E-state index is 12.5. The number of amides is 1. The van der Waals surface area contributed by atoms with Gasteiger partial charge in [-0.05, 0) is 18.2 Å². The van der Waals surface area contributed by atoms with E-state index in [0.29, 0.717) is 11.4 Å². The number of nitrogens with one attached hydrogen (secondary N) is 1. The average molecular weight is 351 g/mol. The summed E-state index contributed by atoms with van der Waals surface area (Å²) >= 11 is 0. The first-order chi connectivity index (χ1) is 11.3. The number of nitrogens with zero attached hydrogens (tertiary/aromatic N) is 4. The molecule has 0 spiro atoms. The summed E-state index contributed by atoms with van der Waals surface area (Å²) in [6, 6.07) is 4.34. The lowest BCUT2D eigenvalue weighted by Gasteiger charge is -2.16. The monoisotopic (exact) mass is 351 g/mol. The van der Waals surface area contributed by atoms with Crippen LogP contribution in [-0.4, -0.2) is 70.6 Å². The van der Waals surface area contributed by atoms with Crippen LogP contribution >= 0.6 is 0 Å². The number of hydrogen-bond donors (Lipinski definition) is 2. The highest BCUT2D eigenvalue weighted by Gasteiger charge is 2.35. The molecule has 0 radical (unpaired) electrons. The number of carbonyl (C=O) groups is 1. The van der Waals surface area contributed by atoms with Gasteiger partial charge in [-0.15, -0.1) is 0 Å². The third-order valence-corrected chi connectivity index (χ3v) is 4.41. The van der Waals surface area contributed by atoms with Crippen LogP contribution < -0.4 is 4.72 Å². The number of aliphatic hydroxyl groups is 1. The first-order valence-electron chi connectivity index (χ1n) is 7.24. The molecule has 0 aliphatic carbocycles. The molecule has 2 aromatic rings. The molecule has 1 saturated heterocycles. The normalized spacial score (nSPS) is 21.2. The quantitative estimate of drug-likeness (QED) is 0.730. The number of rotatable bonds is 4. The van der Waals surface area contributed by atoms with Gasteiger partial charge in [-0.1, -0.05) is 0 Å². The number of hydrogen-bond acceptors (Lipinski definition) is 6. The van der Waals surface area contributed by atoms with Crippen molar-refractivity contribution in [2.75, 3.05) is 19.3 Å². The van der Waals surface area contributed by atoms with Crippen LogP contribution in [0, 0.1) is 0 Å². The molecule has 128 valence electrons. The van der Waals surface area contributed by atoms with E-state index in [0.717, 1.165) is 6.26 Å². The minimum atomic E-state index is -3.45. The van der Waals surface area contributed by atoms with Crippen molar-refractivity contribution in [2.45, 2.75) is 12.1 Å². The van der Waals surface area contributed by atoms with Gasteiger partial charge in [0.25, 0.3) is 5.91 Å². The fourth-order valence-corrected chi connectivity index (χ4v) is 3.36. The minimum absolute atomic E-state index is 0.0624. The Labute approximate surface area is 139 Å². The van der Waals surface area contributed by atoms with Gasteiger partial charge < -0.3 is 10.0 Å². The summed E-state index contributed by atoms with van der Waals surface area (Å²) in [7, 11) is -3.45. The van der Waals surface area contributed by atoms with E-state index in [-0.39, 0.29) is 19.0 Å². The van der Waals surface area contributed by atoms with Crippen LogP contribution in [0.4, 0.5) is 0 Å². The Morgan fingerprint density at radius 2 is 2.17 bits per heavy atom. The molecule has 1 aliphatic rings.